The number of pyridine rings is 2. The monoisotopic (exact) mass is 367 g/mol. The molecular weight excluding hydrogens is 353 g/mol. The Bertz CT molecular complexity index is 1080. The molecule has 0 aromatic carbocycles. The first-order chi connectivity index (χ1) is 12.6. The molecule has 0 fully saturated rings. The number of H-pyrrole nitrogens is 1. The van der Waals surface area contributed by atoms with Gasteiger partial charge in [0.05, 0.1) is 5.69 Å². The number of aromatic amines is 1. The predicted octanol–water partition coefficient (Wildman–Crippen LogP) is 4.03. The Balaban J connectivity index is 1.65. The van der Waals surface area contributed by atoms with Crippen molar-refractivity contribution in [2.45, 2.75) is 19.8 Å². The highest BCUT2D eigenvalue weighted by Gasteiger charge is 2.13. The lowest BCUT2D eigenvalue weighted by Crippen LogP contribution is -2.00. The van der Waals surface area contributed by atoms with Gasteiger partial charge in [0.1, 0.15) is 17.1 Å². The van der Waals surface area contributed by atoms with Crippen LogP contribution in [0.25, 0.3) is 11.0 Å². The first-order valence-corrected chi connectivity index (χ1v) is 8.49. The van der Waals surface area contributed by atoms with Crippen LogP contribution in [-0.4, -0.2) is 24.9 Å². The average molecular weight is 368 g/mol. The van der Waals surface area contributed by atoms with Gasteiger partial charge in [-0.05, 0) is 35.7 Å². The first kappa shape index (κ1) is 16.6. The van der Waals surface area contributed by atoms with Crippen LogP contribution in [0, 0.1) is 12.9 Å². The van der Waals surface area contributed by atoms with Crippen LogP contribution in [0.5, 0.6) is 0 Å². The molecule has 0 radical (unpaired) electrons. The van der Waals surface area contributed by atoms with Crippen molar-refractivity contribution in [2.24, 2.45) is 0 Å². The maximum atomic E-state index is 14.3. The quantitative estimate of drug-likeness (QED) is 0.553. The summed E-state index contributed by atoms with van der Waals surface area (Å²) in [6.07, 6.45) is 7.66. The van der Waals surface area contributed by atoms with Gasteiger partial charge in [-0.25, -0.2) is 19.9 Å². The van der Waals surface area contributed by atoms with Crippen LogP contribution in [0.1, 0.15) is 27.9 Å². The summed E-state index contributed by atoms with van der Waals surface area (Å²) in [6, 6.07) is 5.48. The molecule has 26 heavy (non-hydrogen) atoms. The number of hydrogen-bond acceptors (Lipinski definition) is 4. The molecule has 5 nitrogen and oxygen atoms in total. The van der Waals surface area contributed by atoms with Crippen LogP contribution in [0.2, 0.25) is 5.15 Å². The molecule has 7 heteroatoms. The Morgan fingerprint density at radius 2 is 1.85 bits per heavy atom. The lowest BCUT2D eigenvalue weighted by molar-refractivity contribution is 0.569. The molecule has 0 atom stereocenters. The molecule has 4 aromatic heterocycles. The standard InChI is InChI=1S/C19H15ClFN5/c1-11-17-15(9-24-19(17)26-10-25-11)6-14-5-13(8-23-18(14)21)4-12-2-3-16(20)22-7-12/h2-3,5,7-10H,4,6H2,1H3,(H,24,25,26). The van der Waals surface area contributed by atoms with E-state index in [1.807, 2.05) is 25.3 Å². The zero-order chi connectivity index (χ0) is 18.1. The van der Waals surface area contributed by atoms with Crippen LogP contribution in [0.15, 0.2) is 43.1 Å². The second-order valence-corrected chi connectivity index (χ2v) is 6.52. The van der Waals surface area contributed by atoms with E-state index in [0.717, 1.165) is 33.4 Å². The number of halogens is 2. The molecule has 1 N–H and O–H groups in total. The van der Waals surface area contributed by atoms with Gasteiger partial charge >= 0.3 is 0 Å². The maximum absolute atomic E-state index is 14.3. The molecule has 0 saturated carbocycles. The number of aryl methyl sites for hydroxylation is 1. The van der Waals surface area contributed by atoms with Gasteiger partial charge in [0.2, 0.25) is 5.95 Å². The maximum Gasteiger partial charge on any atom is 0.216 e. The van der Waals surface area contributed by atoms with E-state index in [1.165, 1.54) is 6.33 Å². The molecular formula is C19H15ClFN5. The molecule has 0 bridgehead atoms. The smallest absolute Gasteiger partial charge is 0.216 e. The van der Waals surface area contributed by atoms with Crippen molar-refractivity contribution in [3.8, 4) is 0 Å². The summed E-state index contributed by atoms with van der Waals surface area (Å²) in [4.78, 5) is 19.5. The third kappa shape index (κ3) is 3.28. The number of hydrogen-bond donors (Lipinski definition) is 1. The van der Waals surface area contributed by atoms with Gasteiger partial charge in [0, 0.05) is 42.4 Å². The number of aromatic nitrogens is 5. The van der Waals surface area contributed by atoms with Crippen molar-refractivity contribution in [1.29, 1.82) is 0 Å². The zero-order valence-corrected chi connectivity index (χ0v) is 14.8. The average Bonchev–Trinajstić information content (AvgIpc) is 3.04. The molecule has 0 spiro atoms. The fourth-order valence-corrected chi connectivity index (χ4v) is 3.16. The van der Waals surface area contributed by atoms with Crippen LogP contribution in [0.4, 0.5) is 4.39 Å². The largest absolute Gasteiger partial charge is 0.346 e. The molecule has 0 aliphatic heterocycles. The number of fused-ring (bicyclic) bond motifs is 1. The van der Waals surface area contributed by atoms with Gasteiger partial charge < -0.3 is 4.98 Å². The fraction of sp³-hybridized carbons (Fsp3) is 0.158. The second-order valence-electron chi connectivity index (χ2n) is 6.13. The lowest BCUT2D eigenvalue weighted by atomic mass is 10.0. The Labute approximate surface area is 154 Å². The third-order valence-corrected chi connectivity index (χ3v) is 4.51. The molecule has 4 heterocycles. The minimum Gasteiger partial charge on any atom is -0.346 e. The van der Waals surface area contributed by atoms with Crippen LogP contribution in [-0.2, 0) is 12.8 Å². The normalized spacial score (nSPS) is 11.2. The van der Waals surface area contributed by atoms with Gasteiger partial charge in [0.15, 0.2) is 0 Å². The Hall–Kier alpha value is -2.86. The van der Waals surface area contributed by atoms with E-state index in [-0.39, 0.29) is 0 Å². The van der Waals surface area contributed by atoms with Crippen LogP contribution in [0.3, 0.4) is 0 Å². The Morgan fingerprint density at radius 3 is 2.65 bits per heavy atom. The Morgan fingerprint density at radius 1 is 1.00 bits per heavy atom. The van der Waals surface area contributed by atoms with E-state index in [9.17, 15) is 4.39 Å². The molecule has 4 aromatic rings. The van der Waals surface area contributed by atoms with E-state index in [4.69, 9.17) is 11.6 Å². The summed E-state index contributed by atoms with van der Waals surface area (Å²) in [7, 11) is 0. The van der Waals surface area contributed by atoms with Crippen LogP contribution >= 0.6 is 11.6 Å². The SMILES string of the molecule is Cc1ncnc2[nH]cc(Cc3cc(Cc4ccc(Cl)nc4)cnc3F)c12. The summed E-state index contributed by atoms with van der Waals surface area (Å²) in [5, 5.41) is 1.38. The van der Waals surface area contributed by atoms with Crippen molar-refractivity contribution >= 4 is 22.6 Å². The van der Waals surface area contributed by atoms with E-state index in [2.05, 4.69) is 24.9 Å². The van der Waals surface area contributed by atoms with E-state index >= 15 is 0 Å². The summed E-state index contributed by atoms with van der Waals surface area (Å²) in [6.45, 7) is 1.92. The lowest BCUT2D eigenvalue weighted by Gasteiger charge is -2.07. The van der Waals surface area contributed by atoms with Gasteiger partial charge in [-0.15, -0.1) is 0 Å². The third-order valence-electron chi connectivity index (χ3n) is 4.29. The molecule has 0 aliphatic rings. The van der Waals surface area contributed by atoms with E-state index in [1.54, 1.807) is 18.5 Å². The zero-order valence-electron chi connectivity index (χ0n) is 14.0. The van der Waals surface area contributed by atoms with Gasteiger partial charge in [-0.1, -0.05) is 17.7 Å². The summed E-state index contributed by atoms with van der Waals surface area (Å²) in [5.41, 5.74) is 5.01. The molecule has 0 saturated heterocycles. The summed E-state index contributed by atoms with van der Waals surface area (Å²) >= 11 is 5.81. The minimum atomic E-state index is -0.466. The molecule has 0 unspecified atom stereocenters. The number of nitrogens with zero attached hydrogens (tertiary/aromatic N) is 4. The highest BCUT2D eigenvalue weighted by molar-refractivity contribution is 6.29. The molecule has 130 valence electrons. The number of nitrogens with one attached hydrogen (secondary N) is 1. The summed E-state index contributed by atoms with van der Waals surface area (Å²) < 4.78 is 14.3. The Kier molecular flexibility index (Phi) is 4.34. The fourth-order valence-electron chi connectivity index (χ4n) is 3.05. The van der Waals surface area contributed by atoms with Crippen molar-refractivity contribution in [3.05, 3.63) is 82.2 Å². The molecule has 4 rings (SSSR count). The molecule has 0 amide bonds. The second kappa shape index (κ2) is 6.80. The van der Waals surface area contributed by atoms with Crippen molar-refractivity contribution < 1.29 is 4.39 Å². The highest BCUT2D eigenvalue weighted by Crippen LogP contribution is 2.23. The van der Waals surface area contributed by atoms with Crippen LogP contribution < -0.4 is 0 Å². The predicted molar refractivity (Wildman–Crippen MR) is 97.7 cm³/mol. The molecule has 0 aliphatic carbocycles. The van der Waals surface area contributed by atoms with Crippen molar-refractivity contribution in [3.63, 3.8) is 0 Å². The summed E-state index contributed by atoms with van der Waals surface area (Å²) in [5.74, 6) is -0.466. The van der Waals surface area contributed by atoms with Gasteiger partial charge in [-0.2, -0.15) is 4.39 Å². The van der Waals surface area contributed by atoms with E-state index in [0.29, 0.717) is 23.6 Å². The van der Waals surface area contributed by atoms with Gasteiger partial charge in [-0.3, -0.25) is 0 Å². The highest BCUT2D eigenvalue weighted by atomic mass is 35.5. The topological polar surface area (TPSA) is 67.3 Å². The minimum absolute atomic E-state index is 0.416. The van der Waals surface area contributed by atoms with Crippen molar-refractivity contribution in [1.82, 2.24) is 24.9 Å². The first-order valence-electron chi connectivity index (χ1n) is 8.11. The van der Waals surface area contributed by atoms with E-state index < -0.39 is 5.95 Å². The number of rotatable bonds is 4. The van der Waals surface area contributed by atoms with Crippen molar-refractivity contribution in [2.75, 3.05) is 0 Å². The van der Waals surface area contributed by atoms with Gasteiger partial charge in [0.25, 0.3) is 0 Å².